The number of carbonyl (C=O) groups excluding carboxylic acids is 1. The normalized spacial score (nSPS) is 21.1. The van der Waals surface area contributed by atoms with Crippen LogP contribution >= 0.6 is 0 Å². The van der Waals surface area contributed by atoms with E-state index in [9.17, 15) is 9.90 Å². The molecular formula is C6H11O6-. The highest BCUT2D eigenvalue weighted by atomic mass is 16.4. The second kappa shape index (κ2) is 4.36. The SMILES string of the molecule is C[C@H](O)[C@H](O)[C@@H](O)[C@@H](O)C(=O)[O-]. The summed E-state index contributed by atoms with van der Waals surface area (Å²) in [7, 11) is 0. The van der Waals surface area contributed by atoms with Crippen LogP contribution in [0.2, 0.25) is 0 Å². The Morgan fingerprint density at radius 1 is 1.17 bits per heavy atom. The van der Waals surface area contributed by atoms with Gasteiger partial charge in [-0.05, 0) is 6.92 Å². The van der Waals surface area contributed by atoms with E-state index in [1.54, 1.807) is 0 Å². The van der Waals surface area contributed by atoms with Gasteiger partial charge < -0.3 is 30.3 Å². The highest BCUT2D eigenvalue weighted by Crippen LogP contribution is 2.03. The van der Waals surface area contributed by atoms with Crippen molar-refractivity contribution in [3.63, 3.8) is 0 Å². The van der Waals surface area contributed by atoms with E-state index in [1.165, 1.54) is 0 Å². The highest BCUT2D eigenvalue weighted by Gasteiger charge is 2.28. The lowest BCUT2D eigenvalue weighted by atomic mass is 10.0. The van der Waals surface area contributed by atoms with Gasteiger partial charge in [0.15, 0.2) is 0 Å². The molecule has 4 N–H and O–H groups in total. The zero-order valence-corrected chi connectivity index (χ0v) is 6.41. The third-order valence-electron chi connectivity index (χ3n) is 1.41. The van der Waals surface area contributed by atoms with Gasteiger partial charge >= 0.3 is 0 Å². The molecule has 0 aromatic heterocycles. The van der Waals surface area contributed by atoms with E-state index in [2.05, 4.69) is 0 Å². The van der Waals surface area contributed by atoms with Crippen LogP contribution in [0.4, 0.5) is 0 Å². The molecule has 0 aromatic carbocycles. The standard InChI is InChI=1S/C6H12O6/c1-2(7)3(8)4(9)5(10)6(11)12/h2-5,7-10H,1H3,(H,11,12)/p-1/t2-,3-,4+,5+/m0/s1. The quantitative estimate of drug-likeness (QED) is 0.351. The van der Waals surface area contributed by atoms with Gasteiger partial charge in [0, 0.05) is 0 Å². The average Bonchev–Trinajstić information content (AvgIpc) is 2.00. The lowest BCUT2D eigenvalue weighted by molar-refractivity contribution is -0.320. The first-order valence-corrected chi connectivity index (χ1v) is 3.31. The molecule has 0 aliphatic carbocycles. The van der Waals surface area contributed by atoms with Gasteiger partial charge in [-0.1, -0.05) is 0 Å². The topological polar surface area (TPSA) is 121 Å². The van der Waals surface area contributed by atoms with Gasteiger partial charge in [0.2, 0.25) is 0 Å². The van der Waals surface area contributed by atoms with Gasteiger partial charge in [0.05, 0.1) is 12.1 Å². The van der Waals surface area contributed by atoms with Crippen molar-refractivity contribution in [2.45, 2.75) is 31.3 Å². The molecule has 12 heavy (non-hydrogen) atoms. The van der Waals surface area contributed by atoms with Crippen LogP contribution in [-0.4, -0.2) is 50.8 Å². The smallest absolute Gasteiger partial charge is 0.122 e. The molecule has 4 atom stereocenters. The minimum absolute atomic E-state index is 1.15. The van der Waals surface area contributed by atoms with Gasteiger partial charge in [0.1, 0.15) is 18.3 Å². The van der Waals surface area contributed by atoms with Crippen LogP contribution < -0.4 is 5.11 Å². The summed E-state index contributed by atoms with van der Waals surface area (Å²) in [6.07, 6.45) is -7.18. The molecule has 0 rings (SSSR count). The Morgan fingerprint density at radius 2 is 1.58 bits per heavy atom. The monoisotopic (exact) mass is 179 g/mol. The van der Waals surface area contributed by atoms with Crippen LogP contribution in [0.3, 0.4) is 0 Å². The van der Waals surface area contributed by atoms with E-state index in [0.717, 1.165) is 6.92 Å². The molecule has 0 aliphatic heterocycles. The Bertz CT molecular complexity index is 156. The van der Waals surface area contributed by atoms with E-state index in [1.807, 2.05) is 0 Å². The summed E-state index contributed by atoms with van der Waals surface area (Å²) in [5, 5.41) is 45.0. The molecule has 0 bridgehead atoms. The lowest BCUT2D eigenvalue weighted by Gasteiger charge is -2.24. The van der Waals surface area contributed by atoms with Crippen molar-refractivity contribution in [2.75, 3.05) is 0 Å². The van der Waals surface area contributed by atoms with Crippen LogP contribution in [0.25, 0.3) is 0 Å². The number of carbonyl (C=O) groups is 1. The maximum Gasteiger partial charge on any atom is 0.122 e. The van der Waals surface area contributed by atoms with E-state index in [0.29, 0.717) is 0 Å². The molecule has 0 fully saturated rings. The van der Waals surface area contributed by atoms with E-state index < -0.39 is 30.4 Å². The molecule has 0 amide bonds. The predicted molar refractivity (Wildman–Crippen MR) is 34.7 cm³/mol. The van der Waals surface area contributed by atoms with Crippen molar-refractivity contribution in [2.24, 2.45) is 0 Å². The van der Waals surface area contributed by atoms with Crippen molar-refractivity contribution in [3.05, 3.63) is 0 Å². The first-order chi connectivity index (χ1) is 5.37. The van der Waals surface area contributed by atoms with E-state index in [4.69, 9.17) is 20.4 Å². The molecule has 6 nitrogen and oxygen atoms in total. The number of carboxylic acid groups (broad SMARTS) is 1. The molecular weight excluding hydrogens is 168 g/mol. The van der Waals surface area contributed by atoms with Crippen molar-refractivity contribution in [1.29, 1.82) is 0 Å². The third kappa shape index (κ3) is 2.74. The number of rotatable bonds is 4. The Morgan fingerprint density at radius 3 is 1.83 bits per heavy atom. The van der Waals surface area contributed by atoms with Crippen molar-refractivity contribution in [1.82, 2.24) is 0 Å². The van der Waals surface area contributed by atoms with Crippen molar-refractivity contribution >= 4 is 5.97 Å². The number of aliphatic carboxylic acids is 1. The van der Waals surface area contributed by atoms with Crippen molar-refractivity contribution < 1.29 is 30.3 Å². The van der Waals surface area contributed by atoms with Gasteiger partial charge in [-0.2, -0.15) is 0 Å². The molecule has 0 spiro atoms. The predicted octanol–water partition coefficient (Wildman–Crippen LogP) is -3.80. The van der Waals surface area contributed by atoms with E-state index >= 15 is 0 Å². The second-order valence-corrected chi connectivity index (χ2v) is 2.49. The summed E-state index contributed by atoms with van der Waals surface area (Å²) in [6.45, 7) is 1.15. The summed E-state index contributed by atoms with van der Waals surface area (Å²) in [6, 6.07) is 0. The first kappa shape index (κ1) is 11.3. The van der Waals surface area contributed by atoms with Gasteiger partial charge in [-0.3, -0.25) is 0 Å². The zero-order valence-electron chi connectivity index (χ0n) is 6.41. The second-order valence-electron chi connectivity index (χ2n) is 2.49. The number of carboxylic acids is 1. The molecule has 72 valence electrons. The van der Waals surface area contributed by atoms with Gasteiger partial charge in [0.25, 0.3) is 0 Å². The minimum atomic E-state index is -2.20. The lowest BCUT2D eigenvalue weighted by Crippen LogP contribution is -2.51. The fourth-order valence-electron chi connectivity index (χ4n) is 0.612. The first-order valence-electron chi connectivity index (χ1n) is 3.31. The van der Waals surface area contributed by atoms with Gasteiger partial charge in [-0.15, -0.1) is 0 Å². The fraction of sp³-hybridized carbons (Fsp3) is 0.833. The Hall–Kier alpha value is -0.690. The average molecular weight is 179 g/mol. The molecule has 0 heterocycles. The van der Waals surface area contributed by atoms with Crippen LogP contribution in [-0.2, 0) is 4.79 Å². The zero-order chi connectivity index (χ0) is 9.89. The molecule has 0 aromatic rings. The maximum atomic E-state index is 9.95. The number of hydrogen-bond donors (Lipinski definition) is 4. The molecule has 6 heteroatoms. The Labute approximate surface area is 68.7 Å². The summed E-state index contributed by atoms with van der Waals surface area (Å²) < 4.78 is 0. The van der Waals surface area contributed by atoms with Crippen LogP contribution in [0.15, 0.2) is 0 Å². The summed E-state index contributed by atoms with van der Waals surface area (Å²) in [5.74, 6) is -1.90. The van der Waals surface area contributed by atoms with Crippen LogP contribution in [0.1, 0.15) is 6.92 Å². The summed E-state index contributed by atoms with van der Waals surface area (Å²) in [5.41, 5.74) is 0. The third-order valence-corrected chi connectivity index (χ3v) is 1.41. The molecule has 0 radical (unpaired) electrons. The Kier molecular flexibility index (Phi) is 4.11. The van der Waals surface area contributed by atoms with Crippen LogP contribution in [0.5, 0.6) is 0 Å². The van der Waals surface area contributed by atoms with Crippen LogP contribution in [0, 0.1) is 0 Å². The molecule has 0 saturated heterocycles. The molecule has 0 aliphatic rings. The van der Waals surface area contributed by atoms with E-state index in [-0.39, 0.29) is 0 Å². The Balaban J connectivity index is 4.18. The summed E-state index contributed by atoms with van der Waals surface area (Å²) in [4.78, 5) is 9.95. The summed E-state index contributed by atoms with van der Waals surface area (Å²) >= 11 is 0. The van der Waals surface area contributed by atoms with Gasteiger partial charge in [-0.25, -0.2) is 0 Å². The minimum Gasteiger partial charge on any atom is -0.547 e. The fourth-order valence-corrected chi connectivity index (χ4v) is 0.612. The van der Waals surface area contributed by atoms with Crippen molar-refractivity contribution in [3.8, 4) is 0 Å². The number of aliphatic hydroxyl groups excluding tert-OH is 4. The molecule has 0 saturated carbocycles. The maximum absolute atomic E-state index is 9.95. The number of aliphatic hydroxyl groups is 4. The largest absolute Gasteiger partial charge is 0.547 e. The number of hydrogen-bond acceptors (Lipinski definition) is 6. The molecule has 0 unspecified atom stereocenters. The highest BCUT2D eigenvalue weighted by molar-refractivity contribution is 5.70.